The summed E-state index contributed by atoms with van der Waals surface area (Å²) in [6.45, 7) is 0. The molecular weight excluding hydrogens is 441 g/mol. The Labute approximate surface area is 187 Å². The predicted molar refractivity (Wildman–Crippen MR) is 119 cm³/mol. The van der Waals surface area contributed by atoms with Crippen LogP contribution in [0.1, 0.15) is 15.9 Å². The molecule has 0 fully saturated rings. The quantitative estimate of drug-likeness (QED) is 0.197. The Hall–Kier alpha value is -3.68. The van der Waals surface area contributed by atoms with E-state index in [1.807, 2.05) is 0 Å². The molecule has 0 heterocycles. The first-order valence-corrected chi connectivity index (χ1v) is 9.65. The third-order valence-electron chi connectivity index (χ3n) is 3.86. The van der Waals surface area contributed by atoms with Crippen molar-refractivity contribution in [3.8, 4) is 5.75 Å². The number of carbonyl (C=O) groups is 3. The molecule has 0 aliphatic heterocycles. The van der Waals surface area contributed by atoms with Crippen LogP contribution in [0.25, 0.3) is 0 Å². The van der Waals surface area contributed by atoms with E-state index in [0.29, 0.717) is 27.6 Å². The Balaban J connectivity index is 1.51. The number of nitrogens with one attached hydrogen (secondary N) is 2. The highest BCUT2D eigenvalue weighted by molar-refractivity contribution is 6.43. The summed E-state index contributed by atoms with van der Waals surface area (Å²) in [5.74, 6) is -1.99. The number of anilines is 1. The lowest BCUT2D eigenvalue weighted by atomic mass is 10.2. The molecule has 156 valence electrons. The molecule has 3 aromatic rings. The molecule has 2 amide bonds. The fourth-order valence-electron chi connectivity index (χ4n) is 2.34. The van der Waals surface area contributed by atoms with Gasteiger partial charge >= 0.3 is 17.8 Å². The summed E-state index contributed by atoms with van der Waals surface area (Å²) in [4.78, 5) is 35.8. The Morgan fingerprint density at radius 2 is 1.55 bits per heavy atom. The maximum absolute atomic E-state index is 12.0. The number of halogens is 2. The number of hydrogen-bond donors (Lipinski definition) is 2. The average molecular weight is 456 g/mol. The monoisotopic (exact) mass is 455 g/mol. The summed E-state index contributed by atoms with van der Waals surface area (Å²) < 4.78 is 5.28. The number of amides is 2. The van der Waals surface area contributed by atoms with Gasteiger partial charge in [0.25, 0.3) is 0 Å². The Morgan fingerprint density at radius 1 is 0.839 bits per heavy atom. The lowest BCUT2D eigenvalue weighted by Crippen LogP contribution is -2.32. The molecule has 0 aliphatic rings. The van der Waals surface area contributed by atoms with E-state index >= 15 is 0 Å². The number of ether oxygens (including phenoxy) is 1. The number of esters is 1. The van der Waals surface area contributed by atoms with Gasteiger partial charge in [-0.1, -0.05) is 41.4 Å². The first kappa shape index (κ1) is 22.0. The lowest BCUT2D eigenvalue weighted by molar-refractivity contribution is -0.136. The number of benzene rings is 3. The van der Waals surface area contributed by atoms with Gasteiger partial charge in [0.05, 0.1) is 21.8 Å². The predicted octanol–water partition coefficient (Wildman–Crippen LogP) is 4.30. The molecule has 3 aromatic carbocycles. The van der Waals surface area contributed by atoms with Crippen LogP contribution in [0.5, 0.6) is 5.75 Å². The van der Waals surface area contributed by atoms with Gasteiger partial charge in [0.1, 0.15) is 5.75 Å². The van der Waals surface area contributed by atoms with E-state index in [1.165, 1.54) is 24.4 Å². The van der Waals surface area contributed by atoms with Crippen LogP contribution in [0.3, 0.4) is 0 Å². The summed E-state index contributed by atoms with van der Waals surface area (Å²) in [6, 6.07) is 19.5. The summed E-state index contributed by atoms with van der Waals surface area (Å²) >= 11 is 11.7. The molecule has 0 radical (unpaired) electrons. The van der Waals surface area contributed by atoms with Gasteiger partial charge in [0, 0.05) is 5.69 Å². The van der Waals surface area contributed by atoms with E-state index in [2.05, 4.69) is 15.8 Å². The molecule has 0 atom stereocenters. The van der Waals surface area contributed by atoms with Crippen LogP contribution in [-0.4, -0.2) is 24.0 Å². The molecule has 0 spiro atoms. The highest BCUT2D eigenvalue weighted by Gasteiger charge is 2.13. The molecule has 0 saturated carbocycles. The molecular formula is C22H15Cl2N3O4. The van der Waals surface area contributed by atoms with Gasteiger partial charge in [-0.05, 0) is 60.2 Å². The van der Waals surface area contributed by atoms with Gasteiger partial charge in [0.15, 0.2) is 0 Å². The summed E-state index contributed by atoms with van der Waals surface area (Å²) in [5, 5.41) is 6.69. The van der Waals surface area contributed by atoms with Crippen molar-refractivity contribution < 1.29 is 19.1 Å². The summed E-state index contributed by atoms with van der Waals surface area (Å²) in [5.41, 5.74) is 3.49. The highest BCUT2D eigenvalue weighted by atomic mass is 35.5. The van der Waals surface area contributed by atoms with Crippen LogP contribution in [0.4, 0.5) is 5.69 Å². The normalized spacial score (nSPS) is 10.5. The number of hydrazone groups is 1. The van der Waals surface area contributed by atoms with Crippen LogP contribution in [0.2, 0.25) is 10.0 Å². The fraction of sp³-hybridized carbons (Fsp3) is 0. The van der Waals surface area contributed by atoms with Crippen molar-refractivity contribution in [3.63, 3.8) is 0 Å². The summed E-state index contributed by atoms with van der Waals surface area (Å²) in [7, 11) is 0. The van der Waals surface area contributed by atoms with Crippen LogP contribution in [0.15, 0.2) is 77.9 Å². The van der Waals surface area contributed by atoms with Gasteiger partial charge < -0.3 is 10.1 Å². The first-order chi connectivity index (χ1) is 14.9. The van der Waals surface area contributed by atoms with Crippen LogP contribution in [-0.2, 0) is 9.59 Å². The second kappa shape index (κ2) is 10.4. The average Bonchev–Trinajstić information content (AvgIpc) is 2.78. The Bertz CT molecular complexity index is 1130. The summed E-state index contributed by atoms with van der Waals surface area (Å²) in [6.07, 6.45) is 1.34. The van der Waals surface area contributed by atoms with Crippen molar-refractivity contribution >= 4 is 52.9 Å². The molecule has 0 bridgehead atoms. The van der Waals surface area contributed by atoms with Crippen LogP contribution in [0, 0.1) is 0 Å². The molecule has 0 aromatic heterocycles. The fourth-order valence-corrected chi connectivity index (χ4v) is 2.64. The van der Waals surface area contributed by atoms with Crippen molar-refractivity contribution in [2.24, 2.45) is 5.10 Å². The lowest BCUT2D eigenvalue weighted by Gasteiger charge is -2.05. The van der Waals surface area contributed by atoms with Gasteiger partial charge in [-0.15, -0.1) is 0 Å². The van der Waals surface area contributed by atoms with E-state index in [9.17, 15) is 14.4 Å². The smallest absolute Gasteiger partial charge is 0.343 e. The van der Waals surface area contributed by atoms with Gasteiger partial charge in [-0.2, -0.15) is 5.10 Å². The van der Waals surface area contributed by atoms with E-state index in [0.717, 1.165) is 0 Å². The number of nitrogens with zero attached hydrogens (tertiary/aromatic N) is 1. The largest absolute Gasteiger partial charge is 0.423 e. The van der Waals surface area contributed by atoms with E-state index < -0.39 is 17.8 Å². The Morgan fingerprint density at radius 3 is 2.23 bits per heavy atom. The zero-order valence-electron chi connectivity index (χ0n) is 15.8. The minimum absolute atomic E-state index is 0.246. The van der Waals surface area contributed by atoms with Crippen molar-refractivity contribution in [2.75, 3.05) is 5.32 Å². The van der Waals surface area contributed by atoms with E-state index in [-0.39, 0.29) is 5.02 Å². The van der Waals surface area contributed by atoms with E-state index in [1.54, 1.807) is 54.6 Å². The second-order valence-electron chi connectivity index (χ2n) is 6.11. The molecule has 7 nitrogen and oxygen atoms in total. The third kappa shape index (κ3) is 6.40. The third-order valence-corrected chi connectivity index (χ3v) is 4.60. The zero-order chi connectivity index (χ0) is 22.2. The molecule has 31 heavy (non-hydrogen) atoms. The van der Waals surface area contributed by atoms with Crippen LogP contribution >= 0.6 is 23.2 Å². The standard InChI is InChI=1S/C22H15Cl2N3O4/c23-18-11-8-16(12-19(18)24)26-20(28)21(29)27-25-13-14-6-9-17(10-7-14)31-22(30)15-4-2-1-3-5-15/h1-13H,(H,26,28)(H,27,29)/b25-13+. The Kier molecular flexibility index (Phi) is 7.37. The first-order valence-electron chi connectivity index (χ1n) is 8.89. The number of hydrogen-bond acceptors (Lipinski definition) is 5. The van der Waals surface area contributed by atoms with Gasteiger partial charge in [0.2, 0.25) is 0 Å². The minimum atomic E-state index is -0.962. The zero-order valence-corrected chi connectivity index (χ0v) is 17.4. The molecule has 9 heteroatoms. The maximum atomic E-state index is 12.0. The van der Waals surface area contributed by atoms with Gasteiger partial charge in [-0.3, -0.25) is 9.59 Å². The van der Waals surface area contributed by atoms with E-state index in [4.69, 9.17) is 27.9 Å². The molecule has 0 unspecified atom stereocenters. The number of carbonyl (C=O) groups excluding carboxylic acids is 3. The molecule has 0 aliphatic carbocycles. The van der Waals surface area contributed by atoms with Crippen molar-refractivity contribution in [1.29, 1.82) is 0 Å². The molecule has 0 saturated heterocycles. The van der Waals surface area contributed by atoms with Crippen molar-refractivity contribution in [3.05, 3.63) is 94.0 Å². The van der Waals surface area contributed by atoms with Crippen LogP contribution < -0.4 is 15.5 Å². The minimum Gasteiger partial charge on any atom is -0.423 e. The SMILES string of the molecule is O=C(N/N=C/c1ccc(OC(=O)c2ccccc2)cc1)C(=O)Nc1ccc(Cl)c(Cl)c1. The van der Waals surface area contributed by atoms with Crippen molar-refractivity contribution in [1.82, 2.24) is 5.43 Å². The maximum Gasteiger partial charge on any atom is 0.343 e. The number of rotatable bonds is 5. The molecule has 2 N–H and O–H groups in total. The van der Waals surface area contributed by atoms with Crippen molar-refractivity contribution in [2.45, 2.75) is 0 Å². The second-order valence-corrected chi connectivity index (χ2v) is 6.92. The highest BCUT2D eigenvalue weighted by Crippen LogP contribution is 2.24. The topological polar surface area (TPSA) is 96.9 Å². The molecule has 3 rings (SSSR count). The van der Waals surface area contributed by atoms with Gasteiger partial charge in [-0.25, -0.2) is 10.2 Å².